The fourth-order valence-electron chi connectivity index (χ4n) is 2.34. The van der Waals surface area contributed by atoms with Gasteiger partial charge in [0.25, 0.3) is 0 Å². The van der Waals surface area contributed by atoms with E-state index in [9.17, 15) is 4.79 Å². The van der Waals surface area contributed by atoms with Crippen molar-refractivity contribution < 1.29 is 4.79 Å². The van der Waals surface area contributed by atoms with Gasteiger partial charge in [-0.15, -0.1) is 0 Å². The summed E-state index contributed by atoms with van der Waals surface area (Å²) in [6, 6.07) is 18.9. The molecule has 0 spiro atoms. The molecule has 0 aliphatic heterocycles. The van der Waals surface area contributed by atoms with E-state index < -0.39 is 0 Å². The summed E-state index contributed by atoms with van der Waals surface area (Å²) in [4.78, 5) is 11.0. The molecule has 92 valence electrons. The smallest absolute Gasteiger partial charge is 0.152 e. The summed E-state index contributed by atoms with van der Waals surface area (Å²) in [5.41, 5.74) is 1.05. The van der Waals surface area contributed by atoms with Gasteiger partial charge >= 0.3 is 0 Å². The van der Waals surface area contributed by atoms with Crippen LogP contribution in [0.25, 0.3) is 27.6 Å². The number of carbonyl (C=O) groups excluding carboxylic acids is 1. The maximum absolute atomic E-state index is 11.0. The quantitative estimate of drug-likeness (QED) is 0.477. The van der Waals surface area contributed by atoms with Gasteiger partial charge in [0, 0.05) is 0 Å². The SMILES string of the molecule is CC(=O)/C=C/c1ccc2ccc3ccccc3c2c1. The van der Waals surface area contributed by atoms with E-state index in [1.54, 1.807) is 13.0 Å². The van der Waals surface area contributed by atoms with Crippen molar-refractivity contribution in [3.05, 3.63) is 66.2 Å². The van der Waals surface area contributed by atoms with Crippen molar-refractivity contribution in [1.82, 2.24) is 0 Å². The number of fused-ring (bicyclic) bond motifs is 3. The fraction of sp³-hybridized carbons (Fsp3) is 0.0556. The molecule has 3 aromatic rings. The molecule has 0 bridgehead atoms. The van der Waals surface area contributed by atoms with Crippen LogP contribution < -0.4 is 0 Å². The van der Waals surface area contributed by atoms with E-state index in [0.29, 0.717) is 0 Å². The number of rotatable bonds is 2. The number of allylic oxidation sites excluding steroid dienone is 1. The molecule has 0 saturated heterocycles. The van der Waals surface area contributed by atoms with Crippen LogP contribution in [0.5, 0.6) is 0 Å². The molecule has 0 unspecified atom stereocenters. The largest absolute Gasteiger partial charge is 0.295 e. The summed E-state index contributed by atoms with van der Waals surface area (Å²) in [5.74, 6) is 0.0676. The topological polar surface area (TPSA) is 17.1 Å². The Hall–Kier alpha value is -2.41. The third-order valence-corrected chi connectivity index (χ3v) is 3.28. The monoisotopic (exact) mass is 246 g/mol. The summed E-state index contributed by atoms with van der Waals surface area (Å²) < 4.78 is 0. The minimum absolute atomic E-state index is 0.0676. The van der Waals surface area contributed by atoms with E-state index in [-0.39, 0.29) is 5.78 Å². The van der Waals surface area contributed by atoms with Crippen molar-refractivity contribution in [1.29, 1.82) is 0 Å². The third-order valence-electron chi connectivity index (χ3n) is 3.28. The van der Waals surface area contributed by atoms with E-state index in [0.717, 1.165) is 5.56 Å². The van der Waals surface area contributed by atoms with E-state index in [2.05, 4.69) is 42.5 Å². The Balaban J connectivity index is 2.25. The van der Waals surface area contributed by atoms with Gasteiger partial charge in [-0.1, -0.05) is 54.6 Å². The molecular formula is C18H14O. The predicted molar refractivity (Wildman–Crippen MR) is 81.2 cm³/mol. The average molecular weight is 246 g/mol. The van der Waals surface area contributed by atoms with E-state index in [1.165, 1.54) is 21.5 Å². The van der Waals surface area contributed by atoms with Crippen LogP contribution in [0.2, 0.25) is 0 Å². The maximum Gasteiger partial charge on any atom is 0.152 e. The molecule has 0 aromatic heterocycles. The number of hydrogen-bond donors (Lipinski definition) is 0. The molecule has 0 fully saturated rings. The molecule has 0 N–H and O–H groups in total. The summed E-state index contributed by atoms with van der Waals surface area (Å²) in [5, 5.41) is 4.93. The molecule has 1 heteroatoms. The first-order chi connectivity index (χ1) is 9.24. The summed E-state index contributed by atoms with van der Waals surface area (Å²) >= 11 is 0. The van der Waals surface area contributed by atoms with E-state index in [4.69, 9.17) is 0 Å². The molecule has 1 nitrogen and oxygen atoms in total. The Kier molecular flexibility index (Phi) is 2.88. The van der Waals surface area contributed by atoms with Crippen LogP contribution in [0.15, 0.2) is 60.7 Å². The lowest BCUT2D eigenvalue weighted by Gasteiger charge is -2.04. The Morgan fingerprint density at radius 3 is 2.37 bits per heavy atom. The Morgan fingerprint density at radius 2 is 1.58 bits per heavy atom. The highest BCUT2D eigenvalue weighted by Gasteiger charge is 2.00. The second-order valence-corrected chi connectivity index (χ2v) is 4.71. The Labute approximate surface area is 112 Å². The summed E-state index contributed by atoms with van der Waals surface area (Å²) in [6.07, 6.45) is 3.47. The summed E-state index contributed by atoms with van der Waals surface area (Å²) in [6.45, 7) is 1.56. The standard InChI is InChI=1S/C18H14O/c1-13(19)6-7-14-8-9-16-11-10-15-4-2-3-5-17(15)18(16)12-14/h2-12H,1H3/b7-6+. The van der Waals surface area contributed by atoms with Crippen molar-refractivity contribution in [2.45, 2.75) is 6.92 Å². The van der Waals surface area contributed by atoms with Crippen molar-refractivity contribution in [2.75, 3.05) is 0 Å². The molecule has 0 heterocycles. The first-order valence-corrected chi connectivity index (χ1v) is 6.34. The van der Waals surface area contributed by atoms with E-state index in [1.807, 2.05) is 18.2 Å². The van der Waals surface area contributed by atoms with Gasteiger partial charge in [-0.3, -0.25) is 4.79 Å². The zero-order chi connectivity index (χ0) is 13.2. The number of benzene rings is 3. The maximum atomic E-state index is 11.0. The normalized spacial score (nSPS) is 11.4. The first kappa shape index (κ1) is 11.7. The van der Waals surface area contributed by atoms with Crippen LogP contribution in [0.1, 0.15) is 12.5 Å². The van der Waals surface area contributed by atoms with Gasteiger partial charge < -0.3 is 0 Å². The van der Waals surface area contributed by atoms with Gasteiger partial charge in [0.05, 0.1) is 0 Å². The third kappa shape index (κ3) is 2.27. The number of hydrogen-bond acceptors (Lipinski definition) is 1. The molecule has 19 heavy (non-hydrogen) atoms. The molecule has 0 amide bonds. The lowest BCUT2D eigenvalue weighted by atomic mass is 10.00. The minimum Gasteiger partial charge on any atom is -0.295 e. The van der Waals surface area contributed by atoms with Gasteiger partial charge in [-0.25, -0.2) is 0 Å². The number of carbonyl (C=O) groups is 1. The predicted octanol–water partition coefficient (Wildman–Crippen LogP) is 4.60. The van der Waals surface area contributed by atoms with Crippen molar-refractivity contribution in [2.24, 2.45) is 0 Å². The molecule has 0 atom stereocenters. The Morgan fingerprint density at radius 1 is 0.895 bits per heavy atom. The molecular weight excluding hydrogens is 232 g/mol. The van der Waals surface area contributed by atoms with Gasteiger partial charge in [0.1, 0.15) is 0 Å². The zero-order valence-electron chi connectivity index (χ0n) is 10.8. The highest BCUT2D eigenvalue weighted by atomic mass is 16.1. The molecule has 0 aliphatic carbocycles. The second-order valence-electron chi connectivity index (χ2n) is 4.71. The Bertz CT molecular complexity index is 797. The van der Waals surface area contributed by atoms with Crippen LogP contribution in [-0.4, -0.2) is 5.78 Å². The van der Waals surface area contributed by atoms with Gasteiger partial charge in [-0.05, 0) is 46.2 Å². The lowest BCUT2D eigenvalue weighted by molar-refractivity contribution is -0.112. The number of ketones is 1. The second kappa shape index (κ2) is 4.69. The van der Waals surface area contributed by atoms with Crippen molar-refractivity contribution in [3.63, 3.8) is 0 Å². The molecule has 0 radical (unpaired) electrons. The summed E-state index contributed by atoms with van der Waals surface area (Å²) in [7, 11) is 0. The molecule has 0 aliphatic rings. The van der Waals surface area contributed by atoms with Crippen LogP contribution in [-0.2, 0) is 4.79 Å². The van der Waals surface area contributed by atoms with E-state index >= 15 is 0 Å². The molecule has 3 aromatic carbocycles. The lowest BCUT2D eigenvalue weighted by Crippen LogP contribution is -1.82. The van der Waals surface area contributed by atoms with Gasteiger partial charge in [-0.2, -0.15) is 0 Å². The highest BCUT2D eigenvalue weighted by Crippen LogP contribution is 2.26. The zero-order valence-corrected chi connectivity index (χ0v) is 10.8. The van der Waals surface area contributed by atoms with Crippen molar-refractivity contribution in [3.8, 4) is 0 Å². The fourth-order valence-corrected chi connectivity index (χ4v) is 2.34. The average Bonchev–Trinajstić information content (AvgIpc) is 2.44. The molecule has 3 rings (SSSR count). The van der Waals surface area contributed by atoms with Crippen LogP contribution in [0.3, 0.4) is 0 Å². The van der Waals surface area contributed by atoms with Gasteiger partial charge in [0.15, 0.2) is 5.78 Å². The van der Waals surface area contributed by atoms with Crippen molar-refractivity contribution >= 4 is 33.4 Å². The van der Waals surface area contributed by atoms with Crippen LogP contribution in [0, 0.1) is 0 Å². The van der Waals surface area contributed by atoms with Crippen LogP contribution in [0.4, 0.5) is 0 Å². The highest BCUT2D eigenvalue weighted by molar-refractivity contribution is 6.08. The molecule has 0 saturated carbocycles. The van der Waals surface area contributed by atoms with Crippen LogP contribution >= 0.6 is 0 Å². The minimum atomic E-state index is 0.0676. The first-order valence-electron chi connectivity index (χ1n) is 6.34. The van der Waals surface area contributed by atoms with Gasteiger partial charge in [0.2, 0.25) is 0 Å².